The van der Waals surface area contributed by atoms with E-state index in [-0.39, 0.29) is 18.7 Å². The molecule has 1 aromatic carbocycles. The lowest BCUT2D eigenvalue weighted by molar-refractivity contribution is 0.264. The minimum absolute atomic E-state index is 0.0847. The number of phenols is 1. The molecule has 0 amide bonds. The van der Waals surface area contributed by atoms with Crippen molar-refractivity contribution in [3.05, 3.63) is 29.3 Å². The summed E-state index contributed by atoms with van der Waals surface area (Å²) in [6.45, 7) is 6.23. The standard InChI is InChI=1S/C13H21NO2/c1-9-4-5-13(16)12(8-9)11(3)14-10(2)6-7-15/h4-5,8,10-11,14-16H,6-7H2,1-3H3. The van der Waals surface area contributed by atoms with Crippen molar-refractivity contribution in [3.63, 3.8) is 0 Å². The maximum absolute atomic E-state index is 9.76. The van der Waals surface area contributed by atoms with Crippen LogP contribution in [0.5, 0.6) is 5.75 Å². The second kappa shape index (κ2) is 5.87. The zero-order valence-electron chi connectivity index (χ0n) is 10.2. The molecule has 16 heavy (non-hydrogen) atoms. The van der Waals surface area contributed by atoms with E-state index >= 15 is 0 Å². The average molecular weight is 223 g/mol. The van der Waals surface area contributed by atoms with Crippen LogP contribution in [0.15, 0.2) is 18.2 Å². The highest BCUT2D eigenvalue weighted by molar-refractivity contribution is 5.37. The molecule has 0 bridgehead atoms. The van der Waals surface area contributed by atoms with Gasteiger partial charge in [0.15, 0.2) is 0 Å². The van der Waals surface area contributed by atoms with Crippen LogP contribution < -0.4 is 5.32 Å². The fourth-order valence-electron chi connectivity index (χ4n) is 1.81. The molecule has 90 valence electrons. The molecule has 0 fully saturated rings. The lowest BCUT2D eigenvalue weighted by Gasteiger charge is -2.20. The predicted molar refractivity (Wildman–Crippen MR) is 65.6 cm³/mol. The lowest BCUT2D eigenvalue weighted by Crippen LogP contribution is -2.29. The molecule has 3 heteroatoms. The van der Waals surface area contributed by atoms with Gasteiger partial charge in [-0.1, -0.05) is 17.7 Å². The number of nitrogens with one attached hydrogen (secondary N) is 1. The molecule has 0 spiro atoms. The summed E-state index contributed by atoms with van der Waals surface area (Å²) in [6, 6.07) is 5.92. The molecular weight excluding hydrogens is 202 g/mol. The largest absolute Gasteiger partial charge is 0.508 e. The van der Waals surface area contributed by atoms with E-state index in [1.807, 2.05) is 32.9 Å². The van der Waals surface area contributed by atoms with Gasteiger partial charge in [-0.15, -0.1) is 0 Å². The third-order valence-electron chi connectivity index (χ3n) is 2.75. The first kappa shape index (κ1) is 13.0. The molecule has 1 aromatic rings. The molecule has 0 heterocycles. The number of hydrogen-bond acceptors (Lipinski definition) is 3. The fourth-order valence-corrected chi connectivity index (χ4v) is 1.81. The number of hydrogen-bond donors (Lipinski definition) is 3. The Morgan fingerprint density at radius 3 is 2.62 bits per heavy atom. The third-order valence-corrected chi connectivity index (χ3v) is 2.75. The molecule has 2 unspecified atom stereocenters. The maximum Gasteiger partial charge on any atom is 0.120 e. The first-order valence-corrected chi connectivity index (χ1v) is 5.71. The lowest BCUT2D eigenvalue weighted by atomic mass is 10.0. The van der Waals surface area contributed by atoms with Crippen molar-refractivity contribution >= 4 is 0 Å². The van der Waals surface area contributed by atoms with Gasteiger partial charge in [0.2, 0.25) is 0 Å². The van der Waals surface area contributed by atoms with E-state index in [1.54, 1.807) is 6.07 Å². The van der Waals surface area contributed by atoms with Crippen molar-refractivity contribution in [2.45, 2.75) is 39.3 Å². The van der Waals surface area contributed by atoms with Gasteiger partial charge in [-0.05, 0) is 33.3 Å². The van der Waals surface area contributed by atoms with Crippen LogP contribution in [0.1, 0.15) is 37.4 Å². The summed E-state index contributed by atoms with van der Waals surface area (Å²) in [5, 5.41) is 21.9. The summed E-state index contributed by atoms with van der Waals surface area (Å²) in [7, 11) is 0. The van der Waals surface area contributed by atoms with Crippen LogP contribution in [0.2, 0.25) is 0 Å². The van der Waals surface area contributed by atoms with Crippen molar-refractivity contribution in [2.75, 3.05) is 6.61 Å². The first-order chi connectivity index (χ1) is 7.54. The number of aromatic hydroxyl groups is 1. The van der Waals surface area contributed by atoms with Crippen LogP contribution in [0.25, 0.3) is 0 Å². The van der Waals surface area contributed by atoms with Crippen molar-refractivity contribution in [1.82, 2.24) is 5.32 Å². The van der Waals surface area contributed by atoms with E-state index in [2.05, 4.69) is 5.32 Å². The highest BCUT2D eigenvalue weighted by atomic mass is 16.3. The molecular formula is C13H21NO2. The van der Waals surface area contributed by atoms with E-state index in [0.29, 0.717) is 5.75 Å². The minimum Gasteiger partial charge on any atom is -0.508 e. The van der Waals surface area contributed by atoms with Gasteiger partial charge in [-0.25, -0.2) is 0 Å². The van der Waals surface area contributed by atoms with E-state index in [1.165, 1.54) is 0 Å². The van der Waals surface area contributed by atoms with E-state index in [0.717, 1.165) is 17.5 Å². The summed E-state index contributed by atoms with van der Waals surface area (Å²) in [6.07, 6.45) is 0.719. The Kier molecular flexibility index (Phi) is 4.77. The Hall–Kier alpha value is -1.06. The van der Waals surface area contributed by atoms with Crippen LogP contribution in [0, 0.1) is 6.92 Å². The van der Waals surface area contributed by atoms with Crippen molar-refractivity contribution in [3.8, 4) is 5.75 Å². The zero-order valence-corrected chi connectivity index (χ0v) is 10.2. The fraction of sp³-hybridized carbons (Fsp3) is 0.538. The number of benzene rings is 1. The predicted octanol–water partition coefficient (Wildman–Crippen LogP) is 2.12. The molecule has 0 saturated heterocycles. The average Bonchev–Trinajstić information content (AvgIpc) is 2.21. The molecule has 3 nitrogen and oxygen atoms in total. The topological polar surface area (TPSA) is 52.5 Å². The van der Waals surface area contributed by atoms with Gasteiger partial charge in [-0.2, -0.15) is 0 Å². The van der Waals surface area contributed by atoms with E-state index < -0.39 is 0 Å². The SMILES string of the molecule is Cc1ccc(O)c(C(C)NC(C)CCO)c1. The Labute approximate surface area is 97.1 Å². The number of aliphatic hydroxyl groups excluding tert-OH is 1. The van der Waals surface area contributed by atoms with Crippen molar-refractivity contribution in [2.24, 2.45) is 0 Å². The van der Waals surface area contributed by atoms with Gasteiger partial charge in [0.1, 0.15) is 5.75 Å². The molecule has 0 aliphatic heterocycles. The second-order valence-electron chi connectivity index (χ2n) is 4.36. The number of aliphatic hydroxyl groups is 1. The minimum atomic E-state index is 0.0847. The van der Waals surface area contributed by atoms with Gasteiger partial charge in [0, 0.05) is 24.3 Å². The molecule has 0 aromatic heterocycles. The maximum atomic E-state index is 9.76. The second-order valence-corrected chi connectivity index (χ2v) is 4.36. The first-order valence-electron chi connectivity index (χ1n) is 5.71. The third kappa shape index (κ3) is 3.51. The van der Waals surface area contributed by atoms with E-state index in [9.17, 15) is 5.11 Å². The summed E-state index contributed by atoms with van der Waals surface area (Å²) >= 11 is 0. The van der Waals surface area contributed by atoms with Crippen LogP contribution in [-0.4, -0.2) is 22.9 Å². The number of aryl methyl sites for hydroxylation is 1. The summed E-state index contributed by atoms with van der Waals surface area (Å²) in [4.78, 5) is 0. The number of rotatable bonds is 5. The number of phenolic OH excluding ortho intramolecular Hbond substituents is 1. The van der Waals surface area contributed by atoms with Gasteiger partial charge < -0.3 is 15.5 Å². The van der Waals surface area contributed by atoms with Crippen LogP contribution in [0.3, 0.4) is 0 Å². The quantitative estimate of drug-likeness (QED) is 0.716. The molecule has 2 atom stereocenters. The highest BCUT2D eigenvalue weighted by Crippen LogP contribution is 2.25. The normalized spacial score (nSPS) is 14.8. The smallest absolute Gasteiger partial charge is 0.120 e. The summed E-state index contributed by atoms with van der Waals surface area (Å²) in [5.74, 6) is 0.321. The Morgan fingerprint density at radius 1 is 1.31 bits per heavy atom. The Balaban J connectivity index is 2.72. The molecule has 0 radical (unpaired) electrons. The van der Waals surface area contributed by atoms with Gasteiger partial charge in [-0.3, -0.25) is 0 Å². The molecule has 0 aliphatic carbocycles. The molecule has 0 aliphatic rings. The van der Waals surface area contributed by atoms with Crippen molar-refractivity contribution in [1.29, 1.82) is 0 Å². The summed E-state index contributed by atoms with van der Waals surface area (Å²) < 4.78 is 0. The van der Waals surface area contributed by atoms with E-state index in [4.69, 9.17) is 5.11 Å². The Morgan fingerprint density at radius 2 is 2.00 bits per heavy atom. The highest BCUT2D eigenvalue weighted by Gasteiger charge is 2.12. The van der Waals surface area contributed by atoms with Crippen molar-refractivity contribution < 1.29 is 10.2 Å². The zero-order chi connectivity index (χ0) is 12.1. The monoisotopic (exact) mass is 223 g/mol. The Bertz CT molecular complexity index is 339. The summed E-state index contributed by atoms with van der Waals surface area (Å²) in [5.41, 5.74) is 2.04. The van der Waals surface area contributed by atoms with Gasteiger partial charge >= 0.3 is 0 Å². The van der Waals surface area contributed by atoms with Gasteiger partial charge in [0.25, 0.3) is 0 Å². The van der Waals surface area contributed by atoms with Crippen LogP contribution >= 0.6 is 0 Å². The molecule has 1 rings (SSSR count). The van der Waals surface area contributed by atoms with Gasteiger partial charge in [0.05, 0.1) is 0 Å². The molecule has 0 saturated carbocycles. The van der Waals surface area contributed by atoms with Crippen LogP contribution in [-0.2, 0) is 0 Å². The van der Waals surface area contributed by atoms with Crippen LogP contribution in [0.4, 0.5) is 0 Å². The molecule has 3 N–H and O–H groups in total.